The van der Waals surface area contributed by atoms with Gasteiger partial charge >= 0.3 is 0 Å². The van der Waals surface area contributed by atoms with Gasteiger partial charge in [0.1, 0.15) is 5.75 Å². The van der Waals surface area contributed by atoms with Crippen molar-refractivity contribution < 1.29 is 4.74 Å². The number of thioether (sulfide) groups is 1. The second-order valence-corrected chi connectivity index (χ2v) is 4.55. The zero-order valence-electron chi connectivity index (χ0n) is 8.49. The fraction of sp³-hybridized carbons (Fsp3) is 0.400. The largest absolute Gasteiger partial charge is 0.496 e. The van der Waals surface area contributed by atoms with E-state index >= 15 is 0 Å². The lowest BCUT2D eigenvalue weighted by Crippen LogP contribution is -2.12. The Hall–Kier alpha value is -0.870. The number of methoxy groups -OCH3 is 1. The highest BCUT2D eigenvalue weighted by molar-refractivity contribution is 8.00. The molecule has 0 aromatic heterocycles. The van der Waals surface area contributed by atoms with Gasteiger partial charge in [0.15, 0.2) is 0 Å². The van der Waals surface area contributed by atoms with Crippen LogP contribution in [-0.4, -0.2) is 18.9 Å². The smallest absolute Gasteiger partial charge is 0.134 e. The number of nitrogens with two attached hydrogens (primary N) is 2. The maximum atomic E-state index is 5.65. The Labute approximate surface area is 88.8 Å². The summed E-state index contributed by atoms with van der Waals surface area (Å²) in [5, 5.41) is 0.382. The molecular weight excluding hydrogens is 196 g/mol. The van der Waals surface area contributed by atoms with Crippen molar-refractivity contribution in [1.29, 1.82) is 0 Å². The third-order valence-corrected chi connectivity index (χ3v) is 3.03. The first-order chi connectivity index (χ1) is 6.67. The van der Waals surface area contributed by atoms with E-state index in [4.69, 9.17) is 16.2 Å². The monoisotopic (exact) mass is 212 g/mol. The van der Waals surface area contributed by atoms with Crippen molar-refractivity contribution in [3.05, 3.63) is 18.2 Å². The molecule has 4 N–H and O–H groups in total. The van der Waals surface area contributed by atoms with Crippen molar-refractivity contribution in [1.82, 2.24) is 0 Å². The molecule has 3 nitrogen and oxygen atoms in total. The van der Waals surface area contributed by atoms with Crippen molar-refractivity contribution in [2.24, 2.45) is 5.73 Å². The van der Waals surface area contributed by atoms with E-state index in [9.17, 15) is 0 Å². The molecule has 1 rings (SSSR count). The van der Waals surface area contributed by atoms with Gasteiger partial charge in [-0.2, -0.15) is 0 Å². The van der Waals surface area contributed by atoms with Crippen LogP contribution >= 0.6 is 11.8 Å². The summed E-state index contributed by atoms with van der Waals surface area (Å²) in [6, 6.07) is 5.66. The van der Waals surface area contributed by atoms with Crippen molar-refractivity contribution >= 4 is 17.4 Å². The van der Waals surface area contributed by atoms with Gasteiger partial charge in [-0.1, -0.05) is 6.92 Å². The van der Waals surface area contributed by atoms with Gasteiger partial charge < -0.3 is 16.2 Å². The number of anilines is 1. The van der Waals surface area contributed by atoms with Crippen LogP contribution in [0.3, 0.4) is 0 Å². The lowest BCUT2D eigenvalue weighted by Gasteiger charge is -2.12. The zero-order valence-corrected chi connectivity index (χ0v) is 9.30. The Morgan fingerprint density at radius 2 is 2.21 bits per heavy atom. The van der Waals surface area contributed by atoms with Gasteiger partial charge in [0, 0.05) is 28.4 Å². The molecule has 0 saturated heterocycles. The molecular formula is C10H16N2OS. The van der Waals surface area contributed by atoms with E-state index in [1.165, 1.54) is 0 Å². The summed E-state index contributed by atoms with van der Waals surface area (Å²) in [5.74, 6) is 0.815. The lowest BCUT2D eigenvalue weighted by atomic mass is 10.3. The van der Waals surface area contributed by atoms with Gasteiger partial charge in [-0.25, -0.2) is 0 Å². The van der Waals surface area contributed by atoms with E-state index in [1.54, 1.807) is 18.9 Å². The Bertz CT molecular complexity index is 304. The average molecular weight is 212 g/mol. The molecule has 0 aliphatic carbocycles. The molecule has 4 heteroatoms. The maximum Gasteiger partial charge on any atom is 0.134 e. The molecule has 14 heavy (non-hydrogen) atoms. The van der Waals surface area contributed by atoms with Crippen LogP contribution in [0.4, 0.5) is 5.69 Å². The molecule has 0 heterocycles. The first-order valence-electron chi connectivity index (χ1n) is 4.47. The van der Waals surface area contributed by atoms with Crippen molar-refractivity contribution in [2.75, 3.05) is 19.4 Å². The van der Waals surface area contributed by atoms with Crippen molar-refractivity contribution in [3.8, 4) is 5.75 Å². The van der Waals surface area contributed by atoms with Gasteiger partial charge in [-0.15, -0.1) is 11.8 Å². The molecule has 0 spiro atoms. The highest BCUT2D eigenvalue weighted by Crippen LogP contribution is 2.33. The predicted molar refractivity (Wildman–Crippen MR) is 61.8 cm³/mol. The van der Waals surface area contributed by atoms with Gasteiger partial charge in [0.2, 0.25) is 0 Å². The number of hydrogen-bond acceptors (Lipinski definition) is 4. The van der Waals surface area contributed by atoms with Crippen LogP contribution in [0.15, 0.2) is 23.1 Å². The zero-order chi connectivity index (χ0) is 10.6. The van der Waals surface area contributed by atoms with Gasteiger partial charge in [-0.05, 0) is 12.1 Å². The summed E-state index contributed by atoms with van der Waals surface area (Å²) in [7, 11) is 1.64. The van der Waals surface area contributed by atoms with Gasteiger partial charge in [0.25, 0.3) is 0 Å². The Morgan fingerprint density at radius 1 is 1.50 bits per heavy atom. The molecule has 1 unspecified atom stereocenters. The van der Waals surface area contributed by atoms with Crippen LogP contribution in [0.25, 0.3) is 0 Å². The molecule has 0 amide bonds. The first kappa shape index (κ1) is 11.2. The molecule has 0 aliphatic rings. The number of hydrogen-bond donors (Lipinski definition) is 2. The molecule has 0 saturated carbocycles. The van der Waals surface area contributed by atoms with Crippen molar-refractivity contribution in [2.45, 2.75) is 17.1 Å². The highest BCUT2D eigenvalue weighted by Gasteiger charge is 2.07. The van der Waals surface area contributed by atoms with Crippen molar-refractivity contribution in [3.63, 3.8) is 0 Å². The average Bonchev–Trinajstić information content (AvgIpc) is 2.20. The quantitative estimate of drug-likeness (QED) is 0.589. The van der Waals surface area contributed by atoms with E-state index in [2.05, 4.69) is 6.92 Å². The summed E-state index contributed by atoms with van der Waals surface area (Å²) < 4.78 is 5.23. The Morgan fingerprint density at radius 3 is 2.79 bits per heavy atom. The fourth-order valence-electron chi connectivity index (χ4n) is 1.05. The van der Waals surface area contributed by atoms with E-state index in [-0.39, 0.29) is 0 Å². The fourth-order valence-corrected chi connectivity index (χ4v) is 1.98. The minimum absolute atomic E-state index is 0.382. The van der Waals surface area contributed by atoms with Crippen LogP contribution in [0.5, 0.6) is 5.75 Å². The van der Waals surface area contributed by atoms with Gasteiger partial charge in [0.05, 0.1) is 7.11 Å². The summed E-state index contributed by atoms with van der Waals surface area (Å²) >= 11 is 1.70. The molecule has 1 atom stereocenters. The van der Waals surface area contributed by atoms with Crippen LogP contribution in [-0.2, 0) is 0 Å². The van der Waals surface area contributed by atoms with Crippen LogP contribution in [0.2, 0.25) is 0 Å². The maximum absolute atomic E-state index is 5.65. The summed E-state index contributed by atoms with van der Waals surface area (Å²) in [6.07, 6.45) is 0. The summed E-state index contributed by atoms with van der Waals surface area (Å²) in [5.41, 5.74) is 11.9. The van der Waals surface area contributed by atoms with Crippen LogP contribution in [0, 0.1) is 0 Å². The molecule has 0 aliphatic heterocycles. The third-order valence-electron chi connectivity index (χ3n) is 1.85. The second-order valence-electron chi connectivity index (χ2n) is 3.07. The topological polar surface area (TPSA) is 61.3 Å². The number of ether oxygens (including phenoxy) is 1. The highest BCUT2D eigenvalue weighted by atomic mass is 32.2. The van der Waals surface area contributed by atoms with E-state index < -0.39 is 0 Å². The normalized spacial score (nSPS) is 12.5. The second kappa shape index (κ2) is 5.12. The summed E-state index contributed by atoms with van der Waals surface area (Å²) in [6.45, 7) is 2.73. The van der Waals surface area contributed by atoms with Gasteiger partial charge in [-0.3, -0.25) is 0 Å². The molecule has 1 aromatic carbocycles. The standard InChI is InChI=1S/C10H16N2OS/c1-7(6-11)14-10-4-3-8(12)5-9(10)13-2/h3-5,7H,6,11-12H2,1-2H3. The molecule has 1 aromatic rings. The third kappa shape index (κ3) is 2.82. The molecule has 0 radical (unpaired) electrons. The molecule has 0 bridgehead atoms. The Balaban J connectivity index is 2.85. The minimum Gasteiger partial charge on any atom is -0.496 e. The number of nitrogen functional groups attached to an aromatic ring is 1. The molecule has 78 valence electrons. The van der Waals surface area contributed by atoms with E-state index in [0.717, 1.165) is 10.6 Å². The molecule has 0 fully saturated rings. The van der Waals surface area contributed by atoms with E-state index in [0.29, 0.717) is 17.5 Å². The Kier molecular flexibility index (Phi) is 4.10. The first-order valence-corrected chi connectivity index (χ1v) is 5.35. The predicted octanol–water partition coefficient (Wildman–Crippen LogP) is 1.72. The number of benzene rings is 1. The number of rotatable bonds is 4. The summed E-state index contributed by atoms with van der Waals surface area (Å²) in [4.78, 5) is 1.08. The van der Waals surface area contributed by atoms with Crippen LogP contribution < -0.4 is 16.2 Å². The SMILES string of the molecule is COc1cc(N)ccc1SC(C)CN. The minimum atomic E-state index is 0.382. The van der Waals surface area contributed by atoms with Crippen LogP contribution in [0.1, 0.15) is 6.92 Å². The lowest BCUT2D eigenvalue weighted by molar-refractivity contribution is 0.405. The van der Waals surface area contributed by atoms with E-state index in [1.807, 2.05) is 18.2 Å².